The molecule has 5 heteroatoms. The molecule has 1 aromatic carbocycles. The highest BCUT2D eigenvalue weighted by Crippen LogP contribution is 2.24. The van der Waals surface area contributed by atoms with Gasteiger partial charge in [-0.1, -0.05) is 17.3 Å². The van der Waals surface area contributed by atoms with E-state index in [1.165, 1.54) is 16.0 Å². The van der Waals surface area contributed by atoms with E-state index in [1.54, 1.807) is 11.3 Å². The van der Waals surface area contributed by atoms with E-state index in [2.05, 4.69) is 39.0 Å². The SMILES string of the molecule is c1csc(Cc2noc(-c3ccc4c(c3)CNC4)n2)c1. The van der Waals surface area contributed by atoms with Crippen molar-refractivity contribution in [1.82, 2.24) is 15.5 Å². The average Bonchev–Trinajstić information content (AvgIpc) is 3.19. The summed E-state index contributed by atoms with van der Waals surface area (Å²) in [6, 6.07) is 10.4. The lowest BCUT2D eigenvalue weighted by Gasteiger charge is -1.99. The second-order valence-electron chi connectivity index (χ2n) is 4.86. The Bertz CT molecular complexity index is 733. The van der Waals surface area contributed by atoms with E-state index in [0.717, 1.165) is 30.9 Å². The molecule has 2 aromatic heterocycles. The third kappa shape index (κ3) is 2.15. The van der Waals surface area contributed by atoms with Crippen molar-refractivity contribution in [3.63, 3.8) is 0 Å². The molecule has 0 fully saturated rings. The number of nitrogens with zero attached hydrogens (tertiary/aromatic N) is 2. The van der Waals surface area contributed by atoms with Crippen molar-refractivity contribution in [2.45, 2.75) is 19.5 Å². The zero-order valence-corrected chi connectivity index (χ0v) is 11.6. The van der Waals surface area contributed by atoms with E-state index < -0.39 is 0 Å². The average molecular weight is 283 g/mol. The van der Waals surface area contributed by atoms with E-state index in [1.807, 2.05) is 12.1 Å². The summed E-state index contributed by atoms with van der Waals surface area (Å²) in [5.41, 5.74) is 3.67. The van der Waals surface area contributed by atoms with Gasteiger partial charge in [0.05, 0.1) is 0 Å². The largest absolute Gasteiger partial charge is 0.334 e. The number of nitrogens with one attached hydrogen (secondary N) is 1. The Morgan fingerprint density at radius 1 is 1.20 bits per heavy atom. The van der Waals surface area contributed by atoms with Gasteiger partial charge < -0.3 is 9.84 Å². The summed E-state index contributed by atoms with van der Waals surface area (Å²) in [7, 11) is 0. The molecule has 0 unspecified atom stereocenters. The molecule has 0 saturated heterocycles. The molecule has 0 radical (unpaired) electrons. The molecule has 0 aliphatic carbocycles. The van der Waals surface area contributed by atoms with Crippen LogP contribution in [0.5, 0.6) is 0 Å². The molecule has 0 saturated carbocycles. The number of aromatic nitrogens is 2. The molecule has 0 atom stereocenters. The fourth-order valence-electron chi connectivity index (χ4n) is 2.44. The Hall–Kier alpha value is -1.98. The molecule has 20 heavy (non-hydrogen) atoms. The molecule has 1 aliphatic heterocycles. The molecule has 1 aliphatic rings. The minimum Gasteiger partial charge on any atom is -0.334 e. The first-order chi connectivity index (χ1) is 9.88. The molecule has 4 nitrogen and oxygen atoms in total. The van der Waals surface area contributed by atoms with Gasteiger partial charge in [-0.05, 0) is 34.7 Å². The normalized spacial score (nSPS) is 13.6. The Balaban J connectivity index is 1.61. The van der Waals surface area contributed by atoms with Crippen LogP contribution >= 0.6 is 11.3 Å². The van der Waals surface area contributed by atoms with Crippen LogP contribution in [-0.2, 0) is 19.5 Å². The Kier molecular flexibility index (Phi) is 2.86. The highest BCUT2D eigenvalue weighted by molar-refractivity contribution is 7.09. The topological polar surface area (TPSA) is 51.0 Å². The van der Waals surface area contributed by atoms with Crippen LogP contribution in [0.1, 0.15) is 21.8 Å². The highest BCUT2D eigenvalue weighted by atomic mass is 32.1. The molecule has 100 valence electrons. The third-order valence-corrected chi connectivity index (χ3v) is 4.34. The molecule has 0 amide bonds. The van der Waals surface area contributed by atoms with Crippen molar-refractivity contribution in [2.75, 3.05) is 0 Å². The van der Waals surface area contributed by atoms with E-state index >= 15 is 0 Å². The fourth-order valence-corrected chi connectivity index (χ4v) is 3.14. The van der Waals surface area contributed by atoms with Gasteiger partial charge in [-0.25, -0.2) is 0 Å². The van der Waals surface area contributed by atoms with Gasteiger partial charge in [-0.3, -0.25) is 0 Å². The Labute approximate surface area is 120 Å². The van der Waals surface area contributed by atoms with Crippen LogP contribution in [0.25, 0.3) is 11.5 Å². The first kappa shape index (κ1) is 11.8. The van der Waals surface area contributed by atoms with Crippen molar-refractivity contribution in [1.29, 1.82) is 0 Å². The zero-order valence-electron chi connectivity index (χ0n) is 10.8. The van der Waals surface area contributed by atoms with Crippen molar-refractivity contribution < 1.29 is 4.52 Å². The van der Waals surface area contributed by atoms with E-state index in [0.29, 0.717) is 5.89 Å². The lowest BCUT2D eigenvalue weighted by molar-refractivity contribution is 0.424. The van der Waals surface area contributed by atoms with E-state index in [4.69, 9.17) is 4.52 Å². The second kappa shape index (κ2) is 4.85. The summed E-state index contributed by atoms with van der Waals surface area (Å²) < 4.78 is 5.38. The summed E-state index contributed by atoms with van der Waals surface area (Å²) in [4.78, 5) is 5.74. The van der Waals surface area contributed by atoms with Crippen LogP contribution in [0.15, 0.2) is 40.2 Å². The van der Waals surface area contributed by atoms with Gasteiger partial charge in [0.1, 0.15) is 0 Å². The third-order valence-electron chi connectivity index (χ3n) is 3.46. The van der Waals surface area contributed by atoms with Crippen molar-refractivity contribution in [2.24, 2.45) is 0 Å². The minimum absolute atomic E-state index is 0.603. The van der Waals surface area contributed by atoms with Crippen LogP contribution in [-0.4, -0.2) is 10.1 Å². The maximum absolute atomic E-state index is 5.38. The smallest absolute Gasteiger partial charge is 0.257 e. The number of thiophene rings is 1. The monoisotopic (exact) mass is 283 g/mol. The Morgan fingerprint density at radius 3 is 3.05 bits per heavy atom. The molecular formula is C15H13N3OS. The van der Waals surface area contributed by atoms with Gasteiger partial charge in [0.15, 0.2) is 5.82 Å². The molecule has 4 rings (SSSR count). The summed E-state index contributed by atoms with van der Waals surface area (Å²) >= 11 is 1.71. The number of hydrogen-bond donors (Lipinski definition) is 1. The minimum atomic E-state index is 0.603. The predicted molar refractivity (Wildman–Crippen MR) is 77.4 cm³/mol. The lowest BCUT2D eigenvalue weighted by atomic mass is 10.1. The summed E-state index contributed by atoms with van der Waals surface area (Å²) in [5.74, 6) is 1.34. The maximum atomic E-state index is 5.38. The van der Waals surface area contributed by atoms with Gasteiger partial charge in [0.2, 0.25) is 0 Å². The van der Waals surface area contributed by atoms with Crippen LogP contribution < -0.4 is 5.32 Å². The van der Waals surface area contributed by atoms with Crippen molar-refractivity contribution >= 4 is 11.3 Å². The van der Waals surface area contributed by atoms with Crippen LogP contribution in [0.2, 0.25) is 0 Å². The van der Waals surface area contributed by atoms with Crippen LogP contribution in [0.4, 0.5) is 0 Å². The Morgan fingerprint density at radius 2 is 2.15 bits per heavy atom. The molecule has 3 heterocycles. The van der Waals surface area contributed by atoms with E-state index in [-0.39, 0.29) is 0 Å². The van der Waals surface area contributed by atoms with E-state index in [9.17, 15) is 0 Å². The molecular weight excluding hydrogens is 270 g/mol. The summed E-state index contributed by atoms with van der Waals surface area (Å²) in [5, 5.41) is 9.46. The maximum Gasteiger partial charge on any atom is 0.257 e. The van der Waals surface area contributed by atoms with Gasteiger partial charge in [0, 0.05) is 30.0 Å². The molecule has 0 spiro atoms. The number of rotatable bonds is 3. The number of hydrogen-bond acceptors (Lipinski definition) is 5. The molecule has 3 aromatic rings. The van der Waals surface area contributed by atoms with Crippen LogP contribution in [0.3, 0.4) is 0 Å². The van der Waals surface area contributed by atoms with Crippen LogP contribution in [0, 0.1) is 0 Å². The predicted octanol–water partition coefficient (Wildman–Crippen LogP) is 2.99. The standard InChI is InChI=1S/C15H13N3OS/c1-2-13(20-5-1)7-14-17-15(19-18-14)10-3-4-11-8-16-9-12(11)6-10/h1-6,16H,7-9H2. The lowest BCUT2D eigenvalue weighted by Crippen LogP contribution is -1.99. The second-order valence-corrected chi connectivity index (χ2v) is 5.89. The van der Waals surface area contributed by atoms with Gasteiger partial charge in [-0.15, -0.1) is 11.3 Å². The summed E-state index contributed by atoms with van der Waals surface area (Å²) in [6.07, 6.45) is 0.730. The van der Waals surface area contributed by atoms with Gasteiger partial charge in [-0.2, -0.15) is 4.98 Å². The van der Waals surface area contributed by atoms with Gasteiger partial charge in [0.25, 0.3) is 5.89 Å². The first-order valence-corrected chi connectivity index (χ1v) is 7.44. The zero-order chi connectivity index (χ0) is 13.4. The molecule has 0 bridgehead atoms. The number of fused-ring (bicyclic) bond motifs is 1. The number of benzene rings is 1. The fraction of sp³-hybridized carbons (Fsp3) is 0.200. The summed E-state index contributed by atoms with van der Waals surface area (Å²) in [6.45, 7) is 1.86. The quantitative estimate of drug-likeness (QED) is 0.803. The molecule has 1 N–H and O–H groups in total. The van der Waals surface area contributed by atoms with Gasteiger partial charge >= 0.3 is 0 Å². The first-order valence-electron chi connectivity index (χ1n) is 6.56. The highest BCUT2D eigenvalue weighted by Gasteiger charge is 2.14. The van der Waals surface area contributed by atoms with Crippen molar-refractivity contribution in [3.05, 3.63) is 57.5 Å². The van der Waals surface area contributed by atoms with Crippen molar-refractivity contribution in [3.8, 4) is 11.5 Å².